The van der Waals surface area contributed by atoms with E-state index >= 15 is 0 Å². The van der Waals surface area contributed by atoms with Gasteiger partial charge in [-0.2, -0.15) is 0 Å². The Labute approximate surface area is 95.7 Å². The average molecular weight is 243 g/mol. The van der Waals surface area contributed by atoms with Crippen molar-refractivity contribution in [3.63, 3.8) is 0 Å². The molecular weight excluding hydrogens is 235 g/mol. The molecule has 5 heteroatoms. The Balaban J connectivity index is 2.11. The molecule has 2 nitrogen and oxygen atoms in total. The van der Waals surface area contributed by atoms with E-state index in [2.05, 4.69) is 10.2 Å². The molecule has 2 rings (SSSR count). The lowest BCUT2D eigenvalue weighted by molar-refractivity contribution is 0.627. The quantitative estimate of drug-likeness (QED) is 0.774. The van der Waals surface area contributed by atoms with Gasteiger partial charge >= 0.3 is 0 Å². The third kappa shape index (κ3) is 2.73. The van der Waals surface area contributed by atoms with Crippen LogP contribution < -0.4 is 0 Å². The smallest absolute Gasteiger partial charge is 0.132 e. The standard InChI is InChI=1S/C10H8ClFN2S/c11-6-10-14-13-9(15-10)5-7-1-3-8(12)4-2-7/h1-4H,5-6H2. The van der Waals surface area contributed by atoms with Crippen molar-refractivity contribution < 1.29 is 4.39 Å². The summed E-state index contributed by atoms with van der Waals surface area (Å²) in [7, 11) is 0. The fourth-order valence-electron chi connectivity index (χ4n) is 1.19. The zero-order valence-electron chi connectivity index (χ0n) is 7.78. The van der Waals surface area contributed by atoms with Crippen LogP contribution in [0.5, 0.6) is 0 Å². The number of hydrogen-bond donors (Lipinski definition) is 0. The summed E-state index contributed by atoms with van der Waals surface area (Å²) in [6.45, 7) is 0. The van der Waals surface area contributed by atoms with E-state index in [1.807, 2.05) is 0 Å². The van der Waals surface area contributed by atoms with E-state index in [1.54, 1.807) is 12.1 Å². The van der Waals surface area contributed by atoms with Gasteiger partial charge in [-0.1, -0.05) is 23.5 Å². The minimum Gasteiger partial charge on any atom is -0.207 e. The number of rotatable bonds is 3. The number of hydrogen-bond acceptors (Lipinski definition) is 3. The molecule has 0 spiro atoms. The van der Waals surface area contributed by atoms with Crippen LogP contribution in [0.2, 0.25) is 0 Å². The van der Waals surface area contributed by atoms with Crippen molar-refractivity contribution in [3.05, 3.63) is 45.7 Å². The zero-order chi connectivity index (χ0) is 10.7. The van der Waals surface area contributed by atoms with Crippen molar-refractivity contribution in [2.24, 2.45) is 0 Å². The van der Waals surface area contributed by atoms with Gasteiger partial charge < -0.3 is 0 Å². The second-order valence-electron chi connectivity index (χ2n) is 3.03. The molecule has 0 aliphatic rings. The fourth-order valence-corrected chi connectivity index (χ4v) is 2.14. The highest BCUT2D eigenvalue weighted by molar-refractivity contribution is 7.11. The van der Waals surface area contributed by atoms with Gasteiger partial charge in [0.15, 0.2) is 0 Å². The first kappa shape index (κ1) is 10.5. The molecule has 0 saturated heterocycles. The summed E-state index contributed by atoms with van der Waals surface area (Å²) in [6, 6.07) is 6.38. The van der Waals surface area contributed by atoms with Gasteiger partial charge in [0.25, 0.3) is 0 Å². The van der Waals surface area contributed by atoms with Crippen molar-refractivity contribution in [2.75, 3.05) is 0 Å². The Morgan fingerprint density at radius 3 is 2.40 bits per heavy atom. The monoisotopic (exact) mass is 242 g/mol. The van der Waals surface area contributed by atoms with E-state index in [0.717, 1.165) is 15.6 Å². The summed E-state index contributed by atoms with van der Waals surface area (Å²) in [6.07, 6.45) is 0.675. The maximum absolute atomic E-state index is 12.6. The Kier molecular flexibility index (Phi) is 3.28. The van der Waals surface area contributed by atoms with Gasteiger partial charge in [-0.05, 0) is 17.7 Å². The van der Waals surface area contributed by atoms with Crippen LogP contribution in [0.3, 0.4) is 0 Å². The van der Waals surface area contributed by atoms with Crippen molar-refractivity contribution >= 4 is 22.9 Å². The van der Waals surface area contributed by atoms with Gasteiger partial charge in [-0.25, -0.2) is 4.39 Å². The van der Waals surface area contributed by atoms with E-state index < -0.39 is 0 Å². The van der Waals surface area contributed by atoms with Crippen LogP contribution in [0, 0.1) is 5.82 Å². The molecular formula is C10H8ClFN2S. The van der Waals surface area contributed by atoms with Crippen LogP contribution in [-0.4, -0.2) is 10.2 Å². The van der Waals surface area contributed by atoms with E-state index in [-0.39, 0.29) is 5.82 Å². The fraction of sp³-hybridized carbons (Fsp3) is 0.200. The largest absolute Gasteiger partial charge is 0.207 e. The van der Waals surface area contributed by atoms with Gasteiger partial charge in [-0.3, -0.25) is 0 Å². The molecule has 15 heavy (non-hydrogen) atoms. The third-order valence-electron chi connectivity index (χ3n) is 1.89. The third-order valence-corrected chi connectivity index (χ3v) is 3.23. The highest BCUT2D eigenvalue weighted by atomic mass is 35.5. The van der Waals surface area contributed by atoms with Crippen molar-refractivity contribution in [1.82, 2.24) is 10.2 Å². The summed E-state index contributed by atoms with van der Waals surface area (Å²) in [5, 5.41) is 9.62. The van der Waals surface area contributed by atoms with Gasteiger partial charge in [0.1, 0.15) is 15.8 Å². The molecule has 78 valence electrons. The maximum Gasteiger partial charge on any atom is 0.132 e. The van der Waals surface area contributed by atoms with E-state index in [1.165, 1.54) is 23.5 Å². The molecule has 0 atom stereocenters. The van der Waals surface area contributed by atoms with Gasteiger partial charge in [0, 0.05) is 6.42 Å². The van der Waals surface area contributed by atoms with Crippen LogP contribution >= 0.6 is 22.9 Å². The minimum absolute atomic E-state index is 0.225. The molecule has 0 amide bonds. The molecule has 0 radical (unpaired) electrons. The van der Waals surface area contributed by atoms with Crippen molar-refractivity contribution in [3.8, 4) is 0 Å². The average Bonchev–Trinajstić information content (AvgIpc) is 2.69. The Bertz CT molecular complexity index is 441. The second kappa shape index (κ2) is 4.68. The summed E-state index contributed by atoms with van der Waals surface area (Å²) in [4.78, 5) is 0. The molecule has 1 aromatic heterocycles. The summed E-state index contributed by atoms with van der Waals surface area (Å²) < 4.78 is 12.6. The first-order valence-electron chi connectivity index (χ1n) is 4.39. The molecule has 0 bridgehead atoms. The zero-order valence-corrected chi connectivity index (χ0v) is 9.35. The van der Waals surface area contributed by atoms with Crippen molar-refractivity contribution in [2.45, 2.75) is 12.3 Å². The summed E-state index contributed by atoms with van der Waals surface area (Å²) in [5.74, 6) is 0.165. The number of aromatic nitrogens is 2. The minimum atomic E-state index is -0.225. The first-order valence-corrected chi connectivity index (χ1v) is 5.74. The molecule has 0 aliphatic carbocycles. The lowest BCUT2D eigenvalue weighted by Gasteiger charge is -1.96. The molecule has 0 N–H and O–H groups in total. The van der Waals surface area contributed by atoms with Crippen molar-refractivity contribution in [1.29, 1.82) is 0 Å². The van der Waals surface area contributed by atoms with Gasteiger partial charge in [-0.15, -0.1) is 21.8 Å². The molecule has 0 fully saturated rings. The molecule has 1 heterocycles. The number of halogens is 2. The van der Waals surface area contributed by atoms with Gasteiger partial charge in [0.2, 0.25) is 0 Å². The van der Waals surface area contributed by atoms with Crippen LogP contribution in [0.25, 0.3) is 0 Å². The van der Waals surface area contributed by atoms with Crippen LogP contribution in [0.15, 0.2) is 24.3 Å². The lowest BCUT2D eigenvalue weighted by Crippen LogP contribution is -1.87. The Morgan fingerprint density at radius 1 is 1.13 bits per heavy atom. The van der Waals surface area contributed by atoms with E-state index in [4.69, 9.17) is 11.6 Å². The highest BCUT2D eigenvalue weighted by Crippen LogP contribution is 2.16. The Morgan fingerprint density at radius 2 is 1.80 bits per heavy atom. The Hall–Kier alpha value is -1.00. The predicted molar refractivity (Wildman–Crippen MR) is 58.7 cm³/mol. The maximum atomic E-state index is 12.6. The summed E-state index contributed by atoms with van der Waals surface area (Å²) >= 11 is 7.11. The summed E-state index contributed by atoms with van der Waals surface area (Å²) in [5.41, 5.74) is 1.02. The number of nitrogens with zero attached hydrogens (tertiary/aromatic N) is 2. The van der Waals surface area contributed by atoms with Crippen LogP contribution in [0.1, 0.15) is 15.6 Å². The van der Waals surface area contributed by atoms with Crippen LogP contribution in [0.4, 0.5) is 4.39 Å². The molecule has 0 aliphatic heterocycles. The highest BCUT2D eigenvalue weighted by Gasteiger charge is 2.04. The number of benzene rings is 1. The second-order valence-corrected chi connectivity index (χ2v) is 4.44. The van der Waals surface area contributed by atoms with Crippen LogP contribution in [-0.2, 0) is 12.3 Å². The predicted octanol–water partition coefficient (Wildman–Crippen LogP) is 3.01. The number of alkyl halides is 1. The lowest BCUT2D eigenvalue weighted by atomic mass is 10.2. The molecule has 0 saturated carbocycles. The van der Waals surface area contributed by atoms with E-state index in [0.29, 0.717) is 12.3 Å². The molecule has 2 aromatic rings. The SMILES string of the molecule is Fc1ccc(Cc2nnc(CCl)s2)cc1. The first-order chi connectivity index (χ1) is 7.28. The molecule has 1 aromatic carbocycles. The van der Waals surface area contributed by atoms with Gasteiger partial charge in [0.05, 0.1) is 5.88 Å². The normalized spacial score (nSPS) is 10.5. The topological polar surface area (TPSA) is 25.8 Å². The van der Waals surface area contributed by atoms with E-state index in [9.17, 15) is 4.39 Å². The molecule has 0 unspecified atom stereocenters.